The van der Waals surface area contributed by atoms with Crippen LogP contribution in [0.3, 0.4) is 0 Å². The van der Waals surface area contributed by atoms with Crippen LogP contribution < -0.4 is 0 Å². The lowest BCUT2D eigenvalue weighted by Crippen LogP contribution is -2.46. The standard InChI is InChI=1S/C27H49IS/c1-2-20-27(21-10-5-11-22-27)29(28,25-14-8-4-9-15-25)26-18-16-24(17-19-26)23-12-6-3-7-13-23/h23-26H,2-22H2,1H3. The molecule has 1 unspecified atom stereocenters. The monoisotopic (exact) mass is 532 g/mol. The van der Waals surface area contributed by atoms with Crippen LogP contribution in [0.15, 0.2) is 0 Å². The van der Waals surface area contributed by atoms with Gasteiger partial charge in [0.05, 0.1) is 0 Å². The van der Waals surface area contributed by atoms with Crippen LogP contribution in [0.5, 0.6) is 0 Å². The van der Waals surface area contributed by atoms with Crippen molar-refractivity contribution in [2.24, 2.45) is 11.8 Å². The molecule has 4 saturated carbocycles. The van der Waals surface area contributed by atoms with Gasteiger partial charge < -0.3 is 0 Å². The average Bonchev–Trinajstić information content (AvgIpc) is 2.80. The molecule has 0 aliphatic heterocycles. The number of halogens is 1. The minimum atomic E-state index is -0.552. The van der Waals surface area contributed by atoms with Crippen molar-refractivity contribution in [3.8, 4) is 0 Å². The van der Waals surface area contributed by atoms with Crippen molar-refractivity contribution in [1.82, 2.24) is 0 Å². The van der Waals surface area contributed by atoms with Crippen LogP contribution in [-0.4, -0.2) is 15.2 Å². The largest absolute Gasteiger partial charge is 0.176 e. The highest BCUT2D eigenvalue weighted by molar-refractivity contribution is 14.2. The molecule has 0 heterocycles. The van der Waals surface area contributed by atoms with E-state index < -0.39 is 7.20 Å². The van der Waals surface area contributed by atoms with Crippen molar-refractivity contribution >= 4 is 28.4 Å². The third-order valence-electron chi connectivity index (χ3n) is 9.69. The van der Waals surface area contributed by atoms with Gasteiger partial charge in [0.2, 0.25) is 0 Å². The van der Waals surface area contributed by atoms with Crippen molar-refractivity contribution in [3.63, 3.8) is 0 Å². The van der Waals surface area contributed by atoms with Crippen LogP contribution in [0, 0.1) is 11.8 Å². The van der Waals surface area contributed by atoms with Gasteiger partial charge in [-0.2, -0.15) is 7.20 Å². The highest BCUT2D eigenvalue weighted by Crippen LogP contribution is 2.80. The molecule has 4 aliphatic rings. The summed E-state index contributed by atoms with van der Waals surface area (Å²) in [5.41, 5.74) is 0. The fourth-order valence-corrected chi connectivity index (χ4v) is 18.7. The highest BCUT2D eigenvalue weighted by atomic mass is 127. The molecule has 1 atom stereocenters. The molecule has 0 saturated heterocycles. The van der Waals surface area contributed by atoms with Crippen LogP contribution in [0.25, 0.3) is 0 Å². The molecular formula is C27H49IS. The first-order valence-corrected chi connectivity index (χ1v) is 18.0. The SMILES string of the molecule is CCCC1(S(I)(C2CCCCC2)C2CCC(C3CCCCC3)CC2)CCCCC1. The van der Waals surface area contributed by atoms with Crippen molar-refractivity contribution < 1.29 is 0 Å². The maximum Gasteiger partial charge on any atom is 0.00890 e. The highest BCUT2D eigenvalue weighted by Gasteiger charge is 2.53. The summed E-state index contributed by atoms with van der Waals surface area (Å²) < 4.78 is 0.755. The minimum absolute atomic E-state index is 0.552. The maximum absolute atomic E-state index is 3.25. The topological polar surface area (TPSA) is 0 Å². The van der Waals surface area contributed by atoms with Gasteiger partial charge in [0, 0.05) is 4.75 Å². The van der Waals surface area contributed by atoms with E-state index in [9.17, 15) is 0 Å². The molecule has 0 spiro atoms. The van der Waals surface area contributed by atoms with Crippen LogP contribution in [0.2, 0.25) is 0 Å². The fourth-order valence-electron chi connectivity index (χ4n) is 8.27. The zero-order valence-corrected chi connectivity index (χ0v) is 22.4. The smallest absolute Gasteiger partial charge is 0.00890 e. The molecule has 4 rings (SSSR count). The van der Waals surface area contributed by atoms with Crippen LogP contribution >= 0.6 is 28.4 Å². The van der Waals surface area contributed by atoms with Gasteiger partial charge in [-0.1, -0.05) is 84.0 Å². The zero-order valence-electron chi connectivity index (χ0n) is 19.4. The van der Waals surface area contributed by atoms with E-state index in [2.05, 4.69) is 28.1 Å². The first-order chi connectivity index (χ1) is 14.2. The Bertz CT molecular complexity index is 473. The van der Waals surface area contributed by atoms with Crippen molar-refractivity contribution in [3.05, 3.63) is 0 Å². The Balaban J connectivity index is 1.54. The molecule has 0 amide bonds. The van der Waals surface area contributed by atoms with E-state index in [0.717, 1.165) is 27.1 Å². The summed E-state index contributed by atoms with van der Waals surface area (Å²) in [5, 5.41) is 2.22. The van der Waals surface area contributed by atoms with Crippen molar-refractivity contribution in [1.29, 1.82) is 0 Å². The molecule has 0 N–H and O–H groups in total. The molecule has 0 nitrogen and oxygen atoms in total. The van der Waals surface area contributed by atoms with E-state index in [1.54, 1.807) is 96.3 Å². The zero-order chi connectivity index (χ0) is 20.2. The molecule has 2 heteroatoms. The number of hydrogen-bond donors (Lipinski definition) is 0. The second-order valence-electron chi connectivity index (χ2n) is 11.3. The molecule has 170 valence electrons. The van der Waals surface area contributed by atoms with Gasteiger partial charge in [0.25, 0.3) is 0 Å². The lowest BCUT2D eigenvalue weighted by atomic mass is 9.73. The van der Waals surface area contributed by atoms with Gasteiger partial charge in [-0.15, -0.1) is 0 Å². The first kappa shape index (κ1) is 23.2. The van der Waals surface area contributed by atoms with Gasteiger partial charge in [0.15, 0.2) is 0 Å². The number of hydrogen-bond acceptors (Lipinski definition) is 0. The Kier molecular flexibility index (Phi) is 8.66. The van der Waals surface area contributed by atoms with Crippen LogP contribution in [-0.2, 0) is 0 Å². The Hall–Kier alpha value is 1.08. The summed E-state index contributed by atoms with van der Waals surface area (Å²) in [6.45, 7) is 2.49. The predicted octanol–water partition coefficient (Wildman–Crippen LogP) is 10.1. The molecule has 29 heavy (non-hydrogen) atoms. The molecule has 0 bridgehead atoms. The summed E-state index contributed by atoms with van der Waals surface area (Å²) in [5.74, 6) is 2.21. The third kappa shape index (κ3) is 4.88. The molecule has 0 radical (unpaired) electrons. The quantitative estimate of drug-likeness (QED) is 0.299. The second-order valence-corrected chi connectivity index (χ2v) is 19.1. The predicted molar refractivity (Wildman–Crippen MR) is 142 cm³/mol. The van der Waals surface area contributed by atoms with Gasteiger partial charge in [0.1, 0.15) is 0 Å². The second kappa shape index (κ2) is 10.8. The van der Waals surface area contributed by atoms with E-state index in [0.29, 0.717) is 0 Å². The molecule has 0 aromatic carbocycles. The summed E-state index contributed by atoms with van der Waals surface area (Å²) >= 11 is 3.25. The summed E-state index contributed by atoms with van der Waals surface area (Å²) in [6.07, 6.45) is 32.7. The van der Waals surface area contributed by atoms with Gasteiger partial charge in [-0.05, 0) is 101 Å². The van der Waals surface area contributed by atoms with E-state index in [1.165, 1.54) is 38.5 Å². The average molecular weight is 533 g/mol. The molecule has 0 aromatic heterocycles. The summed E-state index contributed by atoms with van der Waals surface area (Å²) in [7, 11) is -0.552. The van der Waals surface area contributed by atoms with Gasteiger partial charge in [-0.25, -0.2) is 0 Å². The van der Waals surface area contributed by atoms with E-state index in [1.807, 2.05) is 0 Å². The van der Waals surface area contributed by atoms with Crippen LogP contribution in [0.1, 0.15) is 142 Å². The van der Waals surface area contributed by atoms with Crippen molar-refractivity contribution in [2.45, 2.75) is 157 Å². The molecule has 0 aromatic rings. The summed E-state index contributed by atoms with van der Waals surface area (Å²) in [4.78, 5) is 0. The van der Waals surface area contributed by atoms with Crippen molar-refractivity contribution in [2.75, 3.05) is 0 Å². The van der Waals surface area contributed by atoms with Gasteiger partial charge in [-0.3, -0.25) is 0 Å². The molecular weight excluding hydrogens is 483 g/mol. The lowest BCUT2D eigenvalue weighted by molar-refractivity contribution is 0.197. The summed E-state index contributed by atoms with van der Waals surface area (Å²) in [6, 6.07) is 0. The van der Waals surface area contributed by atoms with Crippen LogP contribution in [0.4, 0.5) is 0 Å². The Morgan fingerprint density at radius 2 is 1.10 bits per heavy atom. The fraction of sp³-hybridized carbons (Fsp3) is 1.00. The lowest BCUT2D eigenvalue weighted by Gasteiger charge is -2.63. The van der Waals surface area contributed by atoms with E-state index in [-0.39, 0.29) is 0 Å². The van der Waals surface area contributed by atoms with Gasteiger partial charge >= 0.3 is 0 Å². The third-order valence-corrected chi connectivity index (χ3v) is 21.6. The molecule has 4 aliphatic carbocycles. The first-order valence-electron chi connectivity index (χ1n) is 13.7. The normalized spacial score (nSPS) is 35.7. The Labute approximate surface area is 196 Å². The minimum Gasteiger partial charge on any atom is -0.176 e. The molecule has 4 fully saturated rings. The maximum atomic E-state index is 3.25. The van der Waals surface area contributed by atoms with E-state index >= 15 is 0 Å². The van der Waals surface area contributed by atoms with E-state index in [4.69, 9.17) is 0 Å². The Morgan fingerprint density at radius 1 is 0.621 bits per heavy atom. The number of rotatable bonds is 6. The Morgan fingerprint density at radius 3 is 1.69 bits per heavy atom.